The van der Waals surface area contributed by atoms with Crippen molar-refractivity contribution in [2.24, 2.45) is 0 Å². The molecule has 92 valence electrons. The highest BCUT2D eigenvalue weighted by atomic mass is 16.3. The van der Waals surface area contributed by atoms with Crippen LogP contribution in [-0.4, -0.2) is 6.04 Å². The Bertz CT molecular complexity index is 496. The van der Waals surface area contributed by atoms with E-state index in [1.165, 1.54) is 0 Å². The molecule has 0 bridgehead atoms. The molecule has 18 heavy (non-hydrogen) atoms. The number of benzene rings is 1. The summed E-state index contributed by atoms with van der Waals surface area (Å²) < 4.78 is 5.51. The van der Waals surface area contributed by atoms with Crippen LogP contribution in [-0.2, 0) is 0 Å². The van der Waals surface area contributed by atoms with E-state index in [0.717, 1.165) is 17.7 Å². The van der Waals surface area contributed by atoms with Gasteiger partial charge in [0.25, 0.3) is 0 Å². The summed E-state index contributed by atoms with van der Waals surface area (Å²) in [5.74, 6) is 3.65. The molecule has 0 aliphatic rings. The SMILES string of the molecule is C#CC(CC)NC(c1ccccc1)c1ccco1. The fourth-order valence-corrected chi connectivity index (χ4v) is 1.93. The molecule has 0 aliphatic heterocycles. The molecule has 1 aromatic carbocycles. The quantitative estimate of drug-likeness (QED) is 0.809. The van der Waals surface area contributed by atoms with Crippen molar-refractivity contribution in [2.45, 2.75) is 25.4 Å². The first-order valence-electron chi connectivity index (χ1n) is 6.15. The zero-order chi connectivity index (χ0) is 12.8. The predicted molar refractivity (Wildman–Crippen MR) is 73.0 cm³/mol. The van der Waals surface area contributed by atoms with E-state index in [1.807, 2.05) is 30.3 Å². The molecule has 2 rings (SSSR count). The van der Waals surface area contributed by atoms with Gasteiger partial charge in [-0.1, -0.05) is 43.2 Å². The average molecular weight is 239 g/mol. The van der Waals surface area contributed by atoms with E-state index in [-0.39, 0.29) is 12.1 Å². The monoisotopic (exact) mass is 239 g/mol. The summed E-state index contributed by atoms with van der Waals surface area (Å²) in [6, 6.07) is 14.1. The van der Waals surface area contributed by atoms with Gasteiger partial charge in [-0.2, -0.15) is 0 Å². The molecule has 2 atom stereocenters. The van der Waals surface area contributed by atoms with Crippen LogP contribution in [0.4, 0.5) is 0 Å². The summed E-state index contributed by atoms with van der Waals surface area (Å²) in [7, 11) is 0. The topological polar surface area (TPSA) is 25.2 Å². The lowest BCUT2D eigenvalue weighted by atomic mass is 10.0. The lowest BCUT2D eigenvalue weighted by molar-refractivity contribution is 0.428. The summed E-state index contributed by atoms with van der Waals surface area (Å²) >= 11 is 0. The van der Waals surface area contributed by atoms with Gasteiger partial charge in [-0.05, 0) is 24.1 Å². The smallest absolute Gasteiger partial charge is 0.125 e. The Morgan fingerprint density at radius 1 is 1.22 bits per heavy atom. The van der Waals surface area contributed by atoms with E-state index in [9.17, 15) is 0 Å². The number of hydrogen-bond acceptors (Lipinski definition) is 2. The Morgan fingerprint density at radius 3 is 2.56 bits per heavy atom. The number of hydrogen-bond donors (Lipinski definition) is 1. The van der Waals surface area contributed by atoms with Gasteiger partial charge < -0.3 is 4.42 Å². The normalized spacial score (nSPS) is 13.8. The highest BCUT2D eigenvalue weighted by Crippen LogP contribution is 2.23. The molecule has 0 aliphatic carbocycles. The highest BCUT2D eigenvalue weighted by Gasteiger charge is 2.18. The summed E-state index contributed by atoms with van der Waals surface area (Å²) in [5, 5.41) is 3.44. The van der Waals surface area contributed by atoms with Gasteiger partial charge in [0.1, 0.15) is 5.76 Å². The minimum atomic E-state index is 0.00204. The van der Waals surface area contributed by atoms with Gasteiger partial charge in [-0.3, -0.25) is 5.32 Å². The van der Waals surface area contributed by atoms with Crippen LogP contribution in [0.3, 0.4) is 0 Å². The van der Waals surface area contributed by atoms with Crippen molar-refractivity contribution >= 4 is 0 Å². The maximum atomic E-state index is 5.52. The van der Waals surface area contributed by atoms with E-state index >= 15 is 0 Å². The molecule has 2 nitrogen and oxygen atoms in total. The Kier molecular flexibility index (Phi) is 4.22. The summed E-state index contributed by atoms with van der Waals surface area (Å²) in [6.45, 7) is 2.07. The van der Waals surface area contributed by atoms with Crippen molar-refractivity contribution in [1.29, 1.82) is 0 Å². The summed E-state index contributed by atoms with van der Waals surface area (Å²) in [6.07, 6.45) is 8.09. The van der Waals surface area contributed by atoms with Crippen LogP contribution in [0, 0.1) is 12.3 Å². The molecule has 0 radical (unpaired) electrons. The first-order chi connectivity index (χ1) is 8.85. The molecule has 2 aromatic rings. The zero-order valence-electron chi connectivity index (χ0n) is 10.5. The van der Waals surface area contributed by atoms with Gasteiger partial charge in [0.2, 0.25) is 0 Å². The molecule has 0 amide bonds. The molecule has 2 heteroatoms. The highest BCUT2D eigenvalue weighted by molar-refractivity contribution is 5.27. The third-order valence-electron chi connectivity index (χ3n) is 2.94. The van der Waals surface area contributed by atoms with E-state index in [2.05, 4.69) is 30.3 Å². The molecule has 0 saturated heterocycles. The molecule has 0 spiro atoms. The van der Waals surface area contributed by atoms with Crippen LogP contribution in [0.2, 0.25) is 0 Å². The zero-order valence-corrected chi connectivity index (χ0v) is 10.5. The maximum Gasteiger partial charge on any atom is 0.125 e. The van der Waals surface area contributed by atoms with Gasteiger partial charge in [0.15, 0.2) is 0 Å². The predicted octanol–water partition coefficient (Wildman–Crippen LogP) is 3.37. The lowest BCUT2D eigenvalue weighted by Gasteiger charge is -2.20. The standard InChI is InChI=1S/C16H17NO/c1-3-14(4-2)17-16(15-11-8-12-18-15)13-9-6-5-7-10-13/h1,5-12,14,16-17H,4H2,2H3. The molecular formula is C16H17NO. The minimum Gasteiger partial charge on any atom is -0.467 e. The summed E-state index contributed by atoms with van der Waals surface area (Å²) in [4.78, 5) is 0. The second-order valence-electron chi connectivity index (χ2n) is 4.15. The van der Waals surface area contributed by atoms with Crippen LogP contribution in [0.5, 0.6) is 0 Å². The number of rotatable bonds is 5. The first kappa shape index (κ1) is 12.5. The first-order valence-corrected chi connectivity index (χ1v) is 6.15. The second kappa shape index (κ2) is 6.09. The minimum absolute atomic E-state index is 0.00204. The third-order valence-corrected chi connectivity index (χ3v) is 2.94. The Hall–Kier alpha value is -1.98. The fraction of sp³-hybridized carbons (Fsp3) is 0.250. The van der Waals surface area contributed by atoms with Crippen molar-refractivity contribution < 1.29 is 4.42 Å². The molecule has 0 saturated carbocycles. The number of nitrogens with one attached hydrogen (secondary N) is 1. The molecular weight excluding hydrogens is 222 g/mol. The Morgan fingerprint density at radius 2 is 2.00 bits per heavy atom. The molecule has 2 unspecified atom stereocenters. The van der Waals surface area contributed by atoms with Crippen LogP contribution in [0.15, 0.2) is 53.1 Å². The molecule has 1 N–H and O–H groups in total. The van der Waals surface area contributed by atoms with Gasteiger partial charge in [-0.25, -0.2) is 0 Å². The summed E-state index contributed by atoms with van der Waals surface area (Å²) in [5.41, 5.74) is 1.15. The number of terminal acetylenes is 1. The van der Waals surface area contributed by atoms with Crippen LogP contribution < -0.4 is 5.32 Å². The molecule has 0 fully saturated rings. The van der Waals surface area contributed by atoms with Crippen molar-refractivity contribution in [3.8, 4) is 12.3 Å². The van der Waals surface area contributed by atoms with Gasteiger partial charge in [0.05, 0.1) is 18.3 Å². The Labute approximate surface area is 108 Å². The fourth-order valence-electron chi connectivity index (χ4n) is 1.93. The number of furan rings is 1. The van der Waals surface area contributed by atoms with Crippen LogP contribution in [0.25, 0.3) is 0 Å². The van der Waals surface area contributed by atoms with Crippen LogP contribution in [0.1, 0.15) is 30.7 Å². The Balaban J connectivity index is 2.28. The third kappa shape index (κ3) is 2.82. The van der Waals surface area contributed by atoms with Crippen molar-refractivity contribution in [2.75, 3.05) is 0 Å². The van der Waals surface area contributed by atoms with Gasteiger partial charge in [0, 0.05) is 0 Å². The largest absolute Gasteiger partial charge is 0.467 e. The van der Waals surface area contributed by atoms with E-state index in [1.54, 1.807) is 6.26 Å². The van der Waals surface area contributed by atoms with Crippen molar-refractivity contribution in [1.82, 2.24) is 5.32 Å². The molecule has 1 aromatic heterocycles. The van der Waals surface area contributed by atoms with Gasteiger partial charge >= 0.3 is 0 Å². The molecule has 1 heterocycles. The van der Waals surface area contributed by atoms with Crippen molar-refractivity contribution in [3.63, 3.8) is 0 Å². The second-order valence-corrected chi connectivity index (χ2v) is 4.15. The van der Waals surface area contributed by atoms with E-state index in [4.69, 9.17) is 10.8 Å². The van der Waals surface area contributed by atoms with E-state index in [0.29, 0.717) is 0 Å². The maximum absolute atomic E-state index is 5.52. The van der Waals surface area contributed by atoms with Crippen LogP contribution >= 0.6 is 0 Å². The average Bonchev–Trinajstić information content (AvgIpc) is 2.95. The lowest BCUT2D eigenvalue weighted by Crippen LogP contribution is -2.31. The van der Waals surface area contributed by atoms with Gasteiger partial charge in [-0.15, -0.1) is 6.42 Å². The van der Waals surface area contributed by atoms with Crippen molar-refractivity contribution in [3.05, 3.63) is 60.1 Å². The van der Waals surface area contributed by atoms with E-state index < -0.39 is 0 Å².